The lowest BCUT2D eigenvalue weighted by Gasteiger charge is -2.15. The Morgan fingerprint density at radius 1 is 1.55 bits per heavy atom. The van der Waals surface area contributed by atoms with Gasteiger partial charge in [-0.05, 0) is 23.1 Å². The van der Waals surface area contributed by atoms with Crippen LogP contribution in [0.1, 0.15) is 10.4 Å². The minimum absolute atomic E-state index is 0.0584. The summed E-state index contributed by atoms with van der Waals surface area (Å²) in [6, 6.07) is 1.77. The molecule has 0 spiro atoms. The van der Waals surface area contributed by atoms with Crippen molar-refractivity contribution in [1.29, 1.82) is 0 Å². The third-order valence-corrected chi connectivity index (χ3v) is 5.19. The van der Waals surface area contributed by atoms with E-state index in [4.69, 9.17) is 9.84 Å². The zero-order valence-electron chi connectivity index (χ0n) is 11.3. The molecule has 0 radical (unpaired) electrons. The van der Waals surface area contributed by atoms with Crippen LogP contribution in [0.15, 0.2) is 17.5 Å². The molecule has 0 bridgehead atoms. The number of methoxy groups -OCH3 is 1. The molecule has 0 atom stereocenters. The number of hydrogen-bond acceptors (Lipinski definition) is 5. The Kier molecular flexibility index (Phi) is 6.34. The number of rotatable bonds is 8. The van der Waals surface area contributed by atoms with Gasteiger partial charge in [0.15, 0.2) is 0 Å². The third kappa shape index (κ3) is 5.41. The molecule has 6 nitrogen and oxygen atoms in total. The first-order valence-corrected chi connectivity index (χ1v) is 8.25. The topological polar surface area (TPSA) is 83.9 Å². The lowest BCUT2D eigenvalue weighted by Crippen LogP contribution is -2.30. The Balaban J connectivity index is 2.67. The monoisotopic (exact) mass is 319 g/mol. The molecule has 0 amide bonds. The molecule has 0 saturated heterocycles. The van der Waals surface area contributed by atoms with Gasteiger partial charge in [-0.15, -0.1) is 11.3 Å². The van der Waals surface area contributed by atoms with Crippen molar-refractivity contribution in [1.82, 2.24) is 4.31 Å². The molecule has 112 valence electrons. The minimum Gasteiger partial charge on any atom is -0.478 e. The molecular formula is C12H17NO5S2. The fourth-order valence-electron chi connectivity index (χ4n) is 1.40. The zero-order chi connectivity index (χ0) is 15.2. The van der Waals surface area contributed by atoms with Crippen LogP contribution in [0.25, 0.3) is 6.08 Å². The van der Waals surface area contributed by atoms with Crippen LogP contribution < -0.4 is 0 Å². The number of aliphatic carboxylic acids is 1. The smallest absolute Gasteiger partial charge is 0.328 e. The average Bonchev–Trinajstić information content (AvgIpc) is 2.81. The van der Waals surface area contributed by atoms with Gasteiger partial charge in [0.25, 0.3) is 0 Å². The highest BCUT2D eigenvalue weighted by Crippen LogP contribution is 2.18. The number of sulfonamides is 1. The number of carboxylic acids is 1. The van der Waals surface area contributed by atoms with Crippen LogP contribution in [0.3, 0.4) is 0 Å². The Morgan fingerprint density at radius 2 is 2.25 bits per heavy atom. The van der Waals surface area contributed by atoms with Gasteiger partial charge in [0.1, 0.15) is 0 Å². The number of thiophene rings is 1. The number of ether oxygens (including phenoxy) is 1. The predicted octanol–water partition coefficient (Wildman–Crippen LogP) is 1.25. The van der Waals surface area contributed by atoms with Crippen molar-refractivity contribution in [3.8, 4) is 0 Å². The summed E-state index contributed by atoms with van der Waals surface area (Å²) in [5.74, 6) is -1.08. The van der Waals surface area contributed by atoms with Gasteiger partial charge >= 0.3 is 5.97 Å². The van der Waals surface area contributed by atoms with Crippen LogP contribution in [0.2, 0.25) is 0 Å². The molecule has 1 aromatic rings. The lowest BCUT2D eigenvalue weighted by atomic mass is 10.3. The van der Waals surface area contributed by atoms with E-state index in [1.165, 1.54) is 35.9 Å². The zero-order valence-corrected chi connectivity index (χ0v) is 12.9. The summed E-state index contributed by atoms with van der Waals surface area (Å²) in [4.78, 5) is 11.3. The summed E-state index contributed by atoms with van der Waals surface area (Å²) >= 11 is 1.39. The normalized spacial score (nSPS) is 12.3. The van der Waals surface area contributed by atoms with Crippen LogP contribution in [-0.2, 0) is 26.1 Å². The first-order chi connectivity index (χ1) is 9.35. The molecule has 0 fully saturated rings. The van der Waals surface area contributed by atoms with E-state index in [2.05, 4.69) is 0 Å². The number of carboxylic acid groups (broad SMARTS) is 1. The summed E-state index contributed by atoms with van der Waals surface area (Å²) in [5.41, 5.74) is 0.745. The van der Waals surface area contributed by atoms with Crippen LogP contribution in [0.5, 0.6) is 0 Å². The van der Waals surface area contributed by atoms with Gasteiger partial charge in [-0.25, -0.2) is 13.2 Å². The van der Waals surface area contributed by atoms with Crippen LogP contribution in [-0.4, -0.2) is 50.3 Å². The highest BCUT2D eigenvalue weighted by molar-refractivity contribution is 7.89. The summed E-state index contributed by atoms with van der Waals surface area (Å²) in [7, 11) is -0.369. The van der Waals surface area contributed by atoms with Gasteiger partial charge in [0.2, 0.25) is 10.0 Å². The van der Waals surface area contributed by atoms with E-state index in [-0.39, 0.29) is 18.9 Å². The number of nitrogens with zero attached hydrogens (tertiary/aromatic N) is 1. The van der Waals surface area contributed by atoms with Gasteiger partial charge in [-0.3, -0.25) is 0 Å². The minimum atomic E-state index is -3.33. The van der Waals surface area contributed by atoms with E-state index in [1.807, 2.05) is 0 Å². The van der Waals surface area contributed by atoms with E-state index < -0.39 is 16.0 Å². The molecule has 0 unspecified atom stereocenters. The highest BCUT2D eigenvalue weighted by atomic mass is 32.2. The fraction of sp³-hybridized carbons (Fsp3) is 0.417. The van der Waals surface area contributed by atoms with Gasteiger partial charge in [0.05, 0.1) is 12.4 Å². The van der Waals surface area contributed by atoms with Gasteiger partial charge < -0.3 is 9.84 Å². The molecule has 1 aromatic heterocycles. The first kappa shape index (κ1) is 16.8. The Hall–Kier alpha value is -1.22. The van der Waals surface area contributed by atoms with Crippen molar-refractivity contribution < 1.29 is 23.1 Å². The average molecular weight is 319 g/mol. The Morgan fingerprint density at radius 3 is 2.85 bits per heavy atom. The molecule has 1 N–H and O–H groups in total. The molecule has 1 rings (SSSR count). The number of hydrogen-bond donors (Lipinski definition) is 1. The molecule has 0 aliphatic rings. The molecular weight excluding hydrogens is 302 g/mol. The molecule has 1 heterocycles. The molecule has 0 aromatic carbocycles. The van der Waals surface area contributed by atoms with E-state index in [0.29, 0.717) is 0 Å². The molecule has 8 heteroatoms. The summed E-state index contributed by atoms with van der Waals surface area (Å²) in [5, 5.41) is 10.3. The van der Waals surface area contributed by atoms with Crippen molar-refractivity contribution in [2.45, 2.75) is 6.54 Å². The van der Waals surface area contributed by atoms with Crippen molar-refractivity contribution in [2.75, 3.05) is 26.5 Å². The van der Waals surface area contributed by atoms with Gasteiger partial charge in [-0.2, -0.15) is 4.31 Å². The summed E-state index contributed by atoms with van der Waals surface area (Å²) in [6.45, 7) is 0.418. The molecule has 20 heavy (non-hydrogen) atoms. The summed E-state index contributed by atoms with van der Waals surface area (Å²) in [6.07, 6.45) is 2.52. The second kappa shape index (κ2) is 7.53. The van der Waals surface area contributed by atoms with Crippen LogP contribution >= 0.6 is 11.3 Å². The largest absolute Gasteiger partial charge is 0.478 e. The van der Waals surface area contributed by atoms with Crippen LogP contribution in [0, 0.1) is 0 Å². The van der Waals surface area contributed by atoms with Gasteiger partial charge in [0, 0.05) is 31.7 Å². The molecule has 0 saturated carbocycles. The molecule has 0 aliphatic carbocycles. The Bertz CT molecular complexity index is 576. The number of carbonyl (C=O) groups is 1. The van der Waals surface area contributed by atoms with E-state index in [9.17, 15) is 13.2 Å². The standard InChI is InChI=1S/C12H17NO5S2/c1-13(20(16,17)6-5-18-2)8-11-7-10(9-19-11)3-4-12(14)15/h3-4,7,9H,5-6,8H2,1-2H3,(H,14,15). The van der Waals surface area contributed by atoms with Crippen molar-refractivity contribution >= 4 is 33.4 Å². The lowest BCUT2D eigenvalue weighted by molar-refractivity contribution is -0.131. The second-order valence-electron chi connectivity index (χ2n) is 4.08. The molecule has 0 aliphatic heterocycles. The maximum absolute atomic E-state index is 11.9. The third-order valence-electron chi connectivity index (χ3n) is 2.49. The van der Waals surface area contributed by atoms with Crippen molar-refractivity contribution in [3.63, 3.8) is 0 Å². The Labute approximate surface area is 122 Å². The fourth-order valence-corrected chi connectivity index (χ4v) is 3.41. The summed E-state index contributed by atoms with van der Waals surface area (Å²) < 4.78 is 29.8. The van der Waals surface area contributed by atoms with Crippen molar-refractivity contribution in [2.24, 2.45) is 0 Å². The predicted molar refractivity (Wildman–Crippen MR) is 78.1 cm³/mol. The van der Waals surface area contributed by atoms with Crippen molar-refractivity contribution in [3.05, 3.63) is 28.0 Å². The van der Waals surface area contributed by atoms with E-state index >= 15 is 0 Å². The first-order valence-electron chi connectivity index (χ1n) is 5.76. The maximum atomic E-state index is 11.9. The van der Waals surface area contributed by atoms with Crippen LogP contribution in [0.4, 0.5) is 0 Å². The highest BCUT2D eigenvalue weighted by Gasteiger charge is 2.18. The quantitative estimate of drug-likeness (QED) is 0.729. The van der Waals surface area contributed by atoms with Gasteiger partial charge in [-0.1, -0.05) is 0 Å². The van der Waals surface area contributed by atoms with E-state index in [0.717, 1.165) is 16.5 Å². The van der Waals surface area contributed by atoms with E-state index in [1.54, 1.807) is 11.4 Å². The second-order valence-corrected chi connectivity index (χ2v) is 7.27. The maximum Gasteiger partial charge on any atom is 0.328 e. The SMILES string of the molecule is COCCS(=O)(=O)N(C)Cc1cc(C=CC(=O)O)cs1.